The van der Waals surface area contributed by atoms with E-state index in [1.165, 1.54) is 7.11 Å². The maximum absolute atomic E-state index is 11.8. The van der Waals surface area contributed by atoms with Gasteiger partial charge in [-0.25, -0.2) is 4.79 Å². The van der Waals surface area contributed by atoms with Gasteiger partial charge in [0.2, 0.25) is 0 Å². The molecule has 0 fully saturated rings. The summed E-state index contributed by atoms with van der Waals surface area (Å²) >= 11 is 5.90. The molecule has 1 aromatic rings. The predicted octanol–water partition coefficient (Wildman–Crippen LogP) is 3.22. The molecular weight excluding hydrogens is 240 g/mol. The number of anilines is 1. The minimum atomic E-state index is -0.163. The molecule has 1 N–H and O–H groups in total. The van der Waals surface area contributed by atoms with Gasteiger partial charge in [-0.3, -0.25) is 0 Å². The Morgan fingerprint density at radius 3 is 2.65 bits per heavy atom. The summed E-state index contributed by atoms with van der Waals surface area (Å²) < 4.78 is 5.08. The van der Waals surface area contributed by atoms with E-state index in [4.69, 9.17) is 16.3 Å². The molecular formula is C12H17ClN2O2. The van der Waals surface area contributed by atoms with Crippen LogP contribution in [0.3, 0.4) is 0 Å². The molecule has 1 rings (SSSR count). The number of carbonyl (C=O) groups excluding carboxylic acids is 1. The molecule has 0 bridgehead atoms. The third-order valence-electron chi connectivity index (χ3n) is 2.50. The summed E-state index contributed by atoms with van der Waals surface area (Å²) in [5.74, 6) is 0.539. The lowest BCUT2D eigenvalue weighted by molar-refractivity contribution is 0.211. The lowest BCUT2D eigenvalue weighted by Crippen LogP contribution is -2.36. The average molecular weight is 257 g/mol. The lowest BCUT2D eigenvalue weighted by Gasteiger charge is -2.22. The number of methoxy groups -OCH3 is 1. The second-order valence-corrected chi connectivity index (χ2v) is 4.39. The van der Waals surface area contributed by atoms with Gasteiger partial charge in [-0.2, -0.15) is 0 Å². The SMILES string of the molecule is COc1cc(NC(=O)N(C)C(C)C)ccc1Cl. The summed E-state index contributed by atoms with van der Waals surface area (Å²) in [4.78, 5) is 13.4. The Kier molecular flexibility index (Phi) is 4.63. The summed E-state index contributed by atoms with van der Waals surface area (Å²) in [5, 5.41) is 3.29. The van der Waals surface area contributed by atoms with E-state index in [9.17, 15) is 4.79 Å². The zero-order chi connectivity index (χ0) is 13.0. The Hall–Kier alpha value is -1.42. The quantitative estimate of drug-likeness (QED) is 0.902. The number of benzene rings is 1. The monoisotopic (exact) mass is 256 g/mol. The minimum absolute atomic E-state index is 0.143. The highest BCUT2D eigenvalue weighted by Gasteiger charge is 2.12. The second-order valence-electron chi connectivity index (χ2n) is 3.98. The number of nitrogens with one attached hydrogen (secondary N) is 1. The van der Waals surface area contributed by atoms with Crippen LogP contribution in [0, 0.1) is 0 Å². The van der Waals surface area contributed by atoms with E-state index in [0.717, 1.165) is 0 Å². The first-order chi connectivity index (χ1) is 7.95. The highest BCUT2D eigenvalue weighted by Crippen LogP contribution is 2.27. The molecule has 0 unspecified atom stereocenters. The molecule has 0 aliphatic heterocycles. The van der Waals surface area contributed by atoms with Crippen molar-refractivity contribution in [3.63, 3.8) is 0 Å². The van der Waals surface area contributed by atoms with Gasteiger partial charge in [-0.05, 0) is 26.0 Å². The first-order valence-electron chi connectivity index (χ1n) is 5.33. The lowest BCUT2D eigenvalue weighted by atomic mass is 10.3. The molecule has 0 saturated carbocycles. The van der Waals surface area contributed by atoms with Crippen molar-refractivity contribution in [2.45, 2.75) is 19.9 Å². The van der Waals surface area contributed by atoms with Crippen molar-refractivity contribution in [3.8, 4) is 5.75 Å². The fraction of sp³-hybridized carbons (Fsp3) is 0.417. The van der Waals surface area contributed by atoms with Gasteiger partial charge in [0.05, 0.1) is 12.1 Å². The molecule has 0 heterocycles. The summed E-state index contributed by atoms with van der Waals surface area (Å²) in [7, 11) is 3.28. The molecule has 0 saturated heterocycles. The molecule has 0 aromatic heterocycles. The molecule has 0 aliphatic carbocycles. The number of ether oxygens (including phenoxy) is 1. The van der Waals surface area contributed by atoms with Crippen molar-refractivity contribution >= 4 is 23.3 Å². The highest BCUT2D eigenvalue weighted by molar-refractivity contribution is 6.32. The number of carbonyl (C=O) groups is 1. The Morgan fingerprint density at radius 2 is 2.12 bits per heavy atom. The largest absolute Gasteiger partial charge is 0.495 e. The Balaban J connectivity index is 2.78. The Morgan fingerprint density at radius 1 is 1.47 bits per heavy atom. The van der Waals surface area contributed by atoms with Crippen LogP contribution in [0.2, 0.25) is 5.02 Å². The number of halogens is 1. The Labute approximate surface area is 107 Å². The third-order valence-corrected chi connectivity index (χ3v) is 2.81. The van der Waals surface area contributed by atoms with Crippen molar-refractivity contribution in [1.82, 2.24) is 4.90 Å². The van der Waals surface area contributed by atoms with E-state index >= 15 is 0 Å². The van der Waals surface area contributed by atoms with E-state index < -0.39 is 0 Å². The topological polar surface area (TPSA) is 41.6 Å². The van der Waals surface area contributed by atoms with Gasteiger partial charge in [0.25, 0.3) is 0 Å². The maximum atomic E-state index is 11.8. The van der Waals surface area contributed by atoms with Crippen LogP contribution in [-0.4, -0.2) is 31.1 Å². The van der Waals surface area contributed by atoms with Crippen molar-refractivity contribution in [1.29, 1.82) is 0 Å². The number of rotatable bonds is 3. The van der Waals surface area contributed by atoms with Crippen LogP contribution in [-0.2, 0) is 0 Å². The van der Waals surface area contributed by atoms with Crippen LogP contribution in [0.1, 0.15) is 13.8 Å². The predicted molar refractivity (Wildman–Crippen MR) is 69.9 cm³/mol. The second kappa shape index (κ2) is 5.77. The molecule has 0 aliphatic rings. The fourth-order valence-corrected chi connectivity index (χ4v) is 1.38. The summed E-state index contributed by atoms with van der Waals surface area (Å²) in [6, 6.07) is 5.09. The van der Waals surface area contributed by atoms with Gasteiger partial charge in [0.15, 0.2) is 0 Å². The van der Waals surface area contributed by atoms with Gasteiger partial charge in [-0.1, -0.05) is 11.6 Å². The zero-order valence-corrected chi connectivity index (χ0v) is 11.2. The van der Waals surface area contributed by atoms with Gasteiger partial charge < -0.3 is 15.0 Å². The maximum Gasteiger partial charge on any atom is 0.321 e. The molecule has 2 amide bonds. The van der Waals surface area contributed by atoms with Crippen molar-refractivity contribution in [2.75, 3.05) is 19.5 Å². The van der Waals surface area contributed by atoms with Gasteiger partial charge in [0, 0.05) is 24.8 Å². The number of hydrogen-bond donors (Lipinski definition) is 1. The fourth-order valence-electron chi connectivity index (χ4n) is 1.18. The van der Waals surface area contributed by atoms with E-state index in [1.54, 1.807) is 30.1 Å². The number of hydrogen-bond acceptors (Lipinski definition) is 2. The van der Waals surface area contributed by atoms with Crippen LogP contribution in [0.15, 0.2) is 18.2 Å². The normalized spacial score (nSPS) is 10.2. The van der Waals surface area contributed by atoms with E-state index in [-0.39, 0.29) is 12.1 Å². The summed E-state index contributed by atoms with van der Waals surface area (Å²) in [6.07, 6.45) is 0. The van der Waals surface area contributed by atoms with E-state index in [2.05, 4.69) is 5.32 Å². The molecule has 17 heavy (non-hydrogen) atoms. The van der Waals surface area contributed by atoms with E-state index in [1.807, 2.05) is 13.8 Å². The van der Waals surface area contributed by atoms with Crippen LogP contribution in [0.25, 0.3) is 0 Å². The molecule has 0 atom stereocenters. The van der Waals surface area contributed by atoms with Crippen LogP contribution in [0.5, 0.6) is 5.75 Å². The van der Waals surface area contributed by atoms with E-state index in [0.29, 0.717) is 16.5 Å². The van der Waals surface area contributed by atoms with Crippen LogP contribution in [0.4, 0.5) is 10.5 Å². The minimum Gasteiger partial charge on any atom is -0.495 e. The van der Waals surface area contributed by atoms with Crippen molar-refractivity contribution in [3.05, 3.63) is 23.2 Å². The highest BCUT2D eigenvalue weighted by atomic mass is 35.5. The van der Waals surface area contributed by atoms with Crippen LogP contribution >= 0.6 is 11.6 Å². The van der Waals surface area contributed by atoms with Gasteiger partial charge in [-0.15, -0.1) is 0 Å². The molecule has 4 nitrogen and oxygen atoms in total. The van der Waals surface area contributed by atoms with Gasteiger partial charge in [0.1, 0.15) is 5.75 Å². The molecule has 94 valence electrons. The number of nitrogens with zero attached hydrogens (tertiary/aromatic N) is 1. The molecule has 1 aromatic carbocycles. The Bertz CT molecular complexity index is 407. The summed E-state index contributed by atoms with van der Waals surface area (Å²) in [6.45, 7) is 3.89. The summed E-state index contributed by atoms with van der Waals surface area (Å²) in [5.41, 5.74) is 0.656. The average Bonchev–Trinajstić information content (AvgIpc) is 2.30. The van der Waals surface area contributed by atoms with Crippen molar-refractivity contribution < 1.29 is 9.53 Å². The van der Waals surface area contributed by atoms with Crippen molar-refractivity contribution in [2.24, 2.45) is 0 Å². The number of urea groups is 1. The van der Waals surface area contributed by atoms with Gasteiger partial charge >= 0.3 is 6.03 Å². The first kappa shape index (κ1) is 13.6. The standard InChI is InChI=1S/C12H17ClN2O2/c1-8(2)15(3)12(16)14-9-5-6-10(13)11(7-9)17-4/h5-8H,1-4H3,(H,14,16). The third kappa shape index (κ3) is 3.53. The molecule has 5 heteroatoms. The zero-order valence-electron chi connectivity index (χ0n) is 10.5. The smallest absolute Gasteiger partial charge is 0.321 e. The molecule has 0 spiro atoms. The molecule has 0 radical (unpaired) electrons. The first-order valence-corrected chi connectivity index (χ1v) is 5.71. The van der Waals surface area contributed by atoms with Crippen LogP contribution < -0.4 is 10.1 Å². The number of amides is 2.